The van der Waals surface area contributed by atoms with Gasteiger partial charge in [0.1, 0.15) is 42.4 Å². The highest BCUT2D eigenvalue weighted by Crippen LogP contribution is 2.15. The molecule has 0 aromatic rings. The first-order chi connectivity index (χ1) is 38.8. The van der Waals surface area contributed by atoms with Gasteiger partial charge in [-0.15, -0.1) is 0 Å². The van der Waals surface area contributed by atoms with Crippen molar-refractivity contribution in [2.45, 2.75) is 234 Å². The number of carboxylic acids is 1. The van der Waals surface area contributed by atoms with Crippen LogP contribution in [-0.2, 0) is 66.9 Å². The smallest absolute Gasteiger partial charge is 0.326 e. The van der Waals surface area contributed by atoms with Crippen molar-refractivity contribution in [3.05, 3.63) is 0 Å². The zero-order valence-corrected chi connectivity index (χ0v) is 51.3. The van der Waals surface area contributed by atoms with E-state index in [4.69, 9.17) is 18.9 Å². The van der Waals surface area contributed by atoms with Gasteiger partial charge >= 0.3 is 5.97 Å². The van der Waals surface area contributed by atoms with E-state index in [1.54, 1.807) is 20.8 Å². The number of carboxylic acid groups (broad SMARTS) is 1. The SMILES string of the molecule is CC(=O)C(C)CCCCNC(=O)CNC(=O)CC(C)C(C)=O.CCCCCCCCCCCCCCCCCC(=O)NC(CCC(=O)CCCOCCOCC(=O)NCCOCCOCC(=O)NCCCC[C@H](CC)C(C)=O)C(=O)O. The fourth-order valence-corrected chi connectivity index (χ4v) is 8.30. The van der Waals surface area contributed by atoms with Gasteiger partial charge in [0.25, 0.3) is 0 Å². The number of rotatable bonds is 56. The van der Waals surface area contributed by atoms with Crippen LogP contribution in [0.25, 0.3) is 0 Å². The second-order valence-electron chi connectivity index (χ2n) is 21.4. The molecular weight excluding hydrogens is 1040 g/mol. The molecule has 0 saturated carbocycles. The maximum Gasteiger partial charge on any atom is 0.326 e. The molecule has 20 heteroatoms. The highest BCUT2D eigenvalue weighted by molar-refractivity contribution is 5.88. The molecule has 0 aliphatic heterocycles. The van der Waals surface area contributed by atoms with Crippen LogP contribution in [0.15, 0.2) is 0 Å². The molecule has 0 radical (unpaired) electrons. The summed E-state index contributed by atoms with van der Waals surface area (Å²) in [6.45, 7) is 15.2. The lowest BCUT2D eigenvalue weighted by Gasteiger charge is -2.14. The number of hydrogen-bond donors (Lipinski definition) is 6. The Morgan fingerprint density at radius 2 is 0.889 bits per heavy atom. The number of carbonyl (C=O) groups is 10. The van der Waals surface area contributed by atoms with Gasteiger partial charge in [0.15, 0.2) is 0 Å². The molecular formula is C61H111N5O15. The van der Waals surface area contributed by atoms with Crippen molar-refractivity contribution in [2.75, 3.05) is 79.0 Å². The highest BCUT2D eigenvalue weighted by Gasteiger charge is 2.21. The van der Waals surface area contributed by atoms with Crippen molar-refractivity contribution in [1.29, 1.82) is 0 Å². The van der Waals surface area contributed by atoms with Gasteiger partial charge in [-0.1, -0.05) is 130 Å². The van der Waals surface area contributed by atoms with Crippen LogP contribution in [0.2, 0.25) is 0 Å². The van der Waals surface area contributed by atoms with E-state index in [1.807, 2.05) is 13.8 Å². The lowest BCUT2D eigenvalue weighted by atomic mass is 9.95. The summed E-state index contributed by atoms with van der Waals surface area (Å²) < 4.78 is 21.5. The molecule has 0 aromatic carbocycles. The Kier molecular flexibility index (Phi) is 54.1. The molecule has 0 rings (SSSR count). The minimum Gasteiger partial charge on any atom is -0.480 e. The zero-order valence-electron chi connectivity index (χ0n) is 51.3. The summed E-state index contributed by atoms with van der Waals surface area (Å²) in [4.78, 5) is 117. The molecule has 0 aliphatic rings. The standard InChI is InChI=1S/C45H83N3O11.C16H28N2O4/c1-4-6-7-8-9-10-11-12-13-14-15-16-17-18-19-25-42(51)48-41(45(54)55)27-26-40(50)24-22-30-56-32-34-58-37-44(53)47-29-31-57-33-35-59-36-43(52)46-28-21-20-23-39(5-2)38(3)49;1-11(13(3)19)7-5-6-8-17-16(22)10-18-15(21)9-12(2)14(4)20/h39,41H,4-37H2,1-3H3,(H,46,52)(H,47,53)(H,48,51)(H,54,55);11-12H,5-10H2,1-4H3,(H,17,22)(H,18,21)/t39-,41?;/m0./s1. The predicted octanol–water partition coefficient (Wildman–Crippen LogP) is 8.26. The van der Waals surface area contributed by atoms with Crippen LogP contribution >= 0.6 is 0 Å². The molecule has 4 atom stereocenters. The number of Topliss-reactive ketones (excluding diaryl/α,β-unsaturated/α-hetero) is 4. The number of ketones is 4. The molecule has 3 unspecified atom stereocenters. The van der Waals surface area contributed by atoms with E-state index in [-0.39, 0.29) is 149 Å². The Morgan fingerprint density at radius 1 is 0.407 bits per heavy atom. The van der Waals surface area contributed by atoms with Crippen LogP contribution in [0.4, 0.5) is 0 Å². The van der Waals surface area contributed by atoms with Gasteiger partial charge in [0.2, 0.25) is 29.5 Å². The minimum atomic E-state index is -1.13. The Hall–Kier alpha value is -4.66. The van der Waals surface area contributed by atoms with Gasteiger partial charge in [-0.2, -0.15) is 0 Å². The van der Waals surface area contributed by atoms with E-state index in [9.17, 15) is 53.1 Å². The highest BCUT2D eigenvalue weighted by atomic mass is 16.5. The first-order valence-corrected chi connectivity index (χ1v) is 30.8. The molecule has 0 aromatic heterocycles. The minimum absolute atomic E-state index is 0.0422. The Bertz CT molecular complexity index is 1720. The topological polar surface area (TPSA) is 288 Å². The van der Waals surface area contributed by atoms with Crippen molar-refractivity contribution >= 4 is 58.6 Å². The first-order valence-electron chi connectivity index (χ1n) is 30.8. The number of carbonyl (C=O) groups excluding carboxylic acids is 9. The van der Waals surface area contributed by atoms with E-state index in [2.05, 4.69) is 33.5 Å². The Balaban J connectivity index is 0. The summed E-state index contributed by atoms with van der Waals surface area (Å²) in [5.41, 5.74) is 0. The second kappa shape index (κ2) is 55.9. The van der Waals surface area contributed by atoms with Gasteiger partial charge in [0, 0.05) is 69.7 Å². The summed E-state index contributed by atoms with van der Waals surface area (Å²) >= 11 is 0. The molecule has 0 aliphatic carbocycles. The molecule has 20 nitrogen and oxygen atoms in total. The average molecular weight is 1150 g/mol. The van der Waals surface area contributed by atoms with E-state index < -0.39 is 12.0 Å². The third-order valence-corrected chi connectivity index (χ3v) is 14.0. The predicted molar refractivity (Wildman–Crippen MR) is 314 cm³/mol. The molecule has 0 bridgehead atoms. The third-order valence-electron chi connectivity index (χ3n) is 14.0. The number of hydrogen-bond acceptors (Lipinski definition) is 14. The zero-order chi connectivity index (χ0) is 60.7. The van der Waals surface area contributed by atoms with Crippen molar-refractivity contribution in [2.24, 2.45) is 17.8 Å². The van der Waals surface area contributed by atoms with E-state index >= 15 is 0 Å². The summed E-state index contributed by atoms with van der Waals surface area (Å²) in [5, 5.41) is 22.8. The van der Waals surface area contributed by atoms with Crippen LogP contribution in [-0.4, -0.2) is 149 Å². The van der Waals surface area contributed by atoms with Crippen molar-refractivity contribution in [3.8, 4) is 0 Å². The lowest BCUT2D eigenvalue weighted by molar-refractivity contribution is -0.142. The second-order valence-corrected chi connectivity index (χ2v) is 21.4. The quantitative estimate of drug-likeness (QED) is 0.0313. The normalized spacial score (nSPS) is 12.4. The number of ether oxygens (including phenoxy) is 4. The number of nitrogens with one attached hydrogen (secondary N) is 5. The lowest BCUT2D eigenvalue weighted by Crippen LogP contribution is -2.41. The molecule has 81 heavy (non-hydrogen) atoms. The third kappa shape index (κ3) is 54.4. The number of aliphatic carboxylic acids is 1. The largest absolute Gasteiger partial charge is 0.480 e. The van der Waals surface area contributed by atoms with Crippen molar-refractivity contribution in [3.63, 3.8) is 0 Å². The van der Waals surface area contributed by atoms with Crippen molar-refractivity contribution < 1.29 is 72.0 Å². The summed E-state index contributed by atoms with van der Waals surface area (Å²) in [7, 11) is 0. The van der Waals surface area contributed by atoms with Crippen LogP contribution in [0.1, 0.15) is 228 Å². The van der Waals surface area contributed by atoms with Gasteiger partial charge in [0.05, 0.1) is 39.6 Å². The van der Waals surface area contributed by atoms with Gasteiger partial charge in [-0.25, -0.2) is 4.79 Å². The van der Waals surface area contributed by atoms with Gasteiger partial charge in [-0.3, -0.25) is 43.2 Å². The van der Waals surface area contributed by atoms with Gasteiger partial charge in [-0.05, 0) is 72.1 Å². The Labute approximate surface area is 486 Å². The molecule has 6 N–H and O–H groups in total. The van der Waals surface area contributed by atoms with Crippen LogP contribution in [0.5, 0.6) is 0 Å². The fourth-order valence-electron chi connectivity index (χ4n) is 8.30. The van der Waals surface area contributed by atoms with E-state index in [0.717, 1.165) is 64.2 Å². The maximum atomic E-state index is 12.3. The Morgan fingerprint density at radius 3 is 1.40 bits per heavy atom. The summed E-state index contributed by atoms with van der Waals surface area (Å²) in [6.07, 6.45) is 25.7. The summed E-state index contributed by atoms with van der Waals surface area (Å²) in [6, 6.07) is -1.08. The number of amides is 5. The molecule has 0 heterocycles. The summed E-state index contributed by atoms with van der Waals surface area (Å²) in [5.74, 6) is -2.33. The van der Waals surface area contributed by atoms with E-state index in [1.165, 1.54) is 84.0 Å². The van der Waals surface area contributed by atoms with Gasteiger partial charge < -0.3 is 50.6 Å². The average Bonchev–Trinajstić information content (AvgIpc) is 3.42. The molecule has 0 saturated heterocycles. The maximum absolute atomic E-state index is 12.3. The fraction of sp³-hybridized carbons (Fsp3) is 0.836. The monoisotopic (exact) mass is 1150 g/mol. The van der Waals surface area contributed by atoms with Crippen LogP contribution in [0.3, 0.4) is 0 Å². The van der Waals surface area contributed by atoms with E-state index in [0.29, 0.717) is 39.1 Å². The molecule has 5 amide bonds. The first kappa shape index (κ1) is 78.4. The van der Waals surface area contributed by atoms with Crippen LogP contribution in [0, 0.1) is 17.8 Å². The molecule has 0 spiro atoms. The number of unbranched alkanes of at least 4 members (excludes halogenated alkanes) is 16. The molecule has 470 valence electrons. The van der Waals surface area contributed by atoms with Crippen LogP contribution < -0.4 is 26.6 Å². The molecule has 0 fully saturated rings. The van der Waals surface area contributed by atoms with Crippen molar-refractivity contribution in [1.82, 2.24) is 26.6 Å².